The van der Waals surface area contributed by atoms with E-state index in [1.54, 1.807) is 0 Å². The van der Waals surface area contributed by atoms with Crippen molar-refractivity contribution in [3.05, 3.63) is 0 Å². The van der Waals surface area contributed by atoms with Crippen LogP contribution in [0.4, 0.5) is 4.79 Å². The summed E-state index contributed by atoms with van der Waals surface area (Å²) < 4.78 is 5.22. The van der Waals surface area contributed by atoms with E-state index >= 15 is 0 Å². The van der Waals surface area contributed by atoms with Crippen LogP contribution in [0.3, 0.4) is 0 Å². The third-order valence-corrected chi connectivity index (χ3v) is 1.90. The highest BCUT2D eigenvalue weighted by Gasteiger charge is 2.11. The lowest BCUT2D eigenvalue weighted by Crippen LogP contribution is -2.42. The first-order chi connectivity index (χ1) is 7.57. The van der Waals surface area contributed by atoms with Gasteiger partial charge in [0.1, 0.15) is 5.38 Å². The maximum Gasteiger partial charge on any atom is 0.321 e. The van der Waals surface area contributed by atoms with E-state index in [1.165, 1.54) is 6.92 Å². The number of carbonyl (C=O) groups is 2. The summed E-state index contributed by atoms with van der Waals surface area (Å²) in [5.74, 6) is -0.499. The highest BCUT2D eigenvalue weighted by molar-refractivity contribution is 6.31. The number of urea groups is 1. The van der Waals surface area contributed by atoms with E-state index in [9.17, 15) is 9.59 Å². The Labute approximate surface area is 101 Å². The fourth-order valence-corrected chi connectivity index (χ4v) is 0.933. The van der Waals surface area contributed by atoms with Gasteiger partial charge in [-0.05, 0) is 19.8 Å². The number of alkyl halides is 1. The molecule has 94 valence electrons. The van der Waals surface area contributed by atoms with Crippen LogP contribution in [0.5, 0.6) is 0 Å². The molecule has 0 bridgehead atoms. The Hall–Kier alpha value is -0.810. The number of imide groups is 1. The first-order valence-corrected chi connectivity index (χ1v) is 5.82. The van der Waals surface area contributed by atoms with Crippen molar-refractivity contribution in [2.75, 3.05) is 19.8 Å². The minimum atomic E-state index is -0.710. The Balaban J connectivity index is 3.41. The summed E-state index contributed by atoms with van der Waals surface area (Å²) in [6.45, 7) is 5.34. The SMILES string of the molecule is CCCOCCCNC(=O)NC(=O)C(C)Cl. The molecule has 0 aliphatic rings. The van der Waals surface area contributed by atoms with Gasteiger partial charge < -0.3 is 10.1 Å². The molecule has 0 aromatic heterocycles. The minimum Gasteiger partial charge on any atom is -0.381 e. The molecule has 2 N–H and O–H groups in total. The van der Waals surface area contributed by atoms with Gasteiger partial charge in [0.05, 0.1) is 0 Å². The van der Waals surface area contributed by atoms with Crippen LogP contribution in [-0.4, -0.2) is 37.1 Å². The van der Waals surface area contributed by atoms with Crippen LogP contribution in [0.2, 0.25) is 0 Å². The van der Waals surface area contributed by atoms with Crippen LogP contribution in [0, 0.1) is 0 Å². The van der Waals surface area contributed by atoms with Gasteiger partial charge in [-0.15, -0.1) is 11.6 Å². The third kappa shape index (κ3) is 8.49. The molecule has 0 saturated heterocycles. The second-order valence-electron chi connectivity index (χ2n) is 3.33. The summed E-state index contributed by atoms with van der Waals surface area (Å²) in [5.41, 5.74) is 0. The highest BCUT2D eigenvalue weighted by atomic mass is 35.5. The smallest absolute Gasteiger partial charge is 0.321 e. The highest BCUT2D eigenvalue weighted by Crippen LogP contribution is 1.91. The fraction of sp³-hybridized carbons (Fsp3) is 0.800. The molecule has 0 rings (SSSR count). The zero-order valence-electron chi connectivity index (χ0n) is 9.72. The van der Waals surface area contributed by atoms with Crippen LogP contribution >= 0.6 is 11.6 Å². The lowest BCUT2D eigenvalue weighted by molar-refractivity contribution is -0.119. The van der Waals surface area contributed by atoms with E-state index in [-0.39, 0.29) is 0 Å². The topological polar surface area (TPSA) is 67.4 Å². The molecule has 0 aliphatic heterocycles. The summed E-state index contributed by atoms with van der Waals surface area (Å²) in [5, 5.41) is 3.95. The van der Waals surface area contributed by atoms with E-state index in [0.717, 1.165) is 19.4 Å². The van der Waals surface area contributed by atoms with Crippen molar-refractivity contribution in [2.45, 2.75) is 32.1 Å². The molecular weight excluding hydrogens is 232 g/mol. The Morgan fingerprint density at radius 2 is 2.06 bits per heavy atom. The number of ether oxygens (including phenoxy) is 1. The molecule has 0 spiro atoms. The molecule has 1 atom stereocenters. The standard InChI is InChI=1S/C10H19ClN2O3/c1-3-6-16-7-4-5-12-10(15)13-9(14)8(2)11/h8H,3-7H2,1-2H3,(H2,12,13,14,15). The number of carbonyl (C=O) groups excluding carboxylic acids is 2. The molecule has 0 fully saturated rings. The van der Waals surface area contributed by atoms with Gasteiger partial charge in [0, 0.05) is 19.8 Å². The molecule has 0 aliphatic carbocycles. The number of hydrogen-bond donors (Lipinski definition) is 2. The van der Waals surface area contributed by atoms with Gasteiger partial charge in [-0.2, -0.15) is 0 Å². The van der Waals surface area contributed by atoms with Gasteiger partial charge >= 0.3 is 6.03 Å². The molecule has 6 heteroatoms. The summed E-state index contributed by atoms with van der Waals surface area (Å²) in [6, 6.07) is -0.520. The number of halogens is 1. The van der Waals surface area contributed by atoms with Crippen LogP contribution in [0.15, 0.2) is 0 Å². The normalized spacial score (nSPS) is 11.9. The van der Waals surface area contributed by atoms with Crippen molar-refractivity contribution >= 4 is 23.5 Å². The molecule has 3 amide bonds. The van der Waals surface area contributed by atoms with Gasteiger partial charge in [0.15, 0.2) is 0 Å². The van der Waals surface area contributed by atoms with Crippen molar-refractivity contribution < 1.29 is 14.3 Å². The summed E-state index contributed by atoms with van der Waals surface area (Å²) in [4.78, 5) is 22.1. The second kappa shape index (κ2) is 9.42. The molecule has 1 unspecified atom stereocenters. The molecule has 5 nitrogen and oxygen atoms in total. The van der Waals surface area contributed by atoms with Crippen LogP contribution in [0.25, 0.3) is 0 Å². The van der Waals surface area contributed by atoms with E-state index in [2.05, 4.69) is 10.6 Å². The van der Waals surface area contributed by atoms with Gasteiger partial charge in [-0.1, -0.05) is 6.92 Å². The van der Waals surface area contributed by atoms with Gasteiger partial charge in [-0.25, -0.2) is 4.79 Å². The molecule has 16 heavy (non-hydrogen) atoms. The van der Waals surface area contributed by atoms with Crippen LogP contribution in [-0.2, 0) is 9.53 Å². The minimum absolute atomic E-state index is 0.472. The van der Waals surface area contributed by atoms with Gasteiger partial charge in [0.25, 0.3) is 0 Å². The average Bonchev–Trinajstić information content (AvgIpc) is 2.23. The Bertz CT molecular complexity index is 222. The van der Waals surface area contributed by atoms with E-state index in [0.29, 0.717) is 13.2 Å². The van der Waals surface area contributed by atoms with Crippen molar-refractivity contribution in [2.24, 2.45) is 0 Å². The Kier molecular flexibility index (Phi) is 8.94. The molecule has 0 radical (unpaired) electrons. The zero-order valence-corrected chi connectivity index (χ0v) is 10.5. The van der Waals surface area contributed by atoms with Crippen molar-refractivity contribution in [1.82, 2.24) is 10.6 Å². The Morgan fingerprint density at radius 1 is 1.38 bits per heavy atom. The largest absolute Gasteiger partial charge is 0.381 e. The monoisotopic (exact) mass is 250 g/mol. The lowest BCUT2D eigenvalue weighted by Gasteiger charge is -2.07. The number of amides is 3. The first-order valence-electron chi connectivity index (χ1n) is 5.38. The predicted molar refractivity (Wildman–Crippen MR) is 62.6 cm³/mol. The van der Waals surface area contributed by atoms with Crippen LogP contribution < -0.4 is 10.6 Å². The molecular formula is C10H19ClN2O3. The quantitative estimate of drug-likeness (QED) is 0.528. The van der Waals surface area contributed by atoms with Gasteiger partial charge in [-0.3, -0.25) is 10.1 Å². The summed E-state index contributed by atoms with van der Waals surface area (Å²) >= 11 is 5.48. The van der Waals surface area contributed by atoms with E-state index in [4.69, 9.17) is 16.3 Å². The van der Waals surface area contributed by atoms with Crippen molar-refractivity contribution in [3.8, 4) is 0 Å². The number of rotatable bonds is 7. The predicted octanol–water partition coefficient (Wildman–Crippen LogP) is 1.26. The van der Waals surface area contributed by atoms with Crippen molar-refractivity contribution in [3.63, 3.8) is 0 Å². The molecule has 0 aromatic rings. The summed E-state index contributed by atoms with van der Waals surface area (Å²) in [6.07, 6.45) is 1.70. The average molecular weight is 251 g/mol. The summed E-state index contributed by atoms with van der Waals surface area (Å²) in [7, 11) is 0. The first kappa shape index (κ1) is 15.2. The van der Waals surface area contributed by atoms with Gasteiger partial charge in [0.2, 0.25) is 5.91 Å². The Morgan fingerprint density at radius 3 is 2.62 bits per heavy atom. The molecule has 0 aromatic carbocycles. The maximum atomic E-state index is 11.1. The van der Waals surface area contributed by atoms with Crippen molar-refractivity contribution in [1.29, 1.82) is 0 Å². The lowest BCUT2D eigenvalue weighted by atomic mass is 10.4. The number of nitrogens with one attached hydrogen (secondary N) is 2. The third-order valence-electron chi connectivity index (χ3n) is 1.70. The molecule has 0 heterocycles. The number of hydrogen-bond acceptors (Lipinski definition) is 3. The molecule has 0 saturated carbocycles. The van der Waals surface area contributed by atoms with E-state index in [1.807, 2.05) is 6.92 Å². The maximum absolute atomic E-state index is 11.1. The van der Waals surface area contributed by atoms with Crippen LogP contribution in [0.1, 0.15) is 26.7 Å². The second-order valence-corrected chi connectivity index (χ2v) is 3.98. The fourth-order valence-electron chi connectivity index (χ4n) is 0.878. The van der Waals surface area contributed by atoms with E-state index < -0.39 is 17.3 Å². The zero-order chi connectivity index (χ0) is 12.4.